The predicted octanol–water partition coefficient (Wildman–Crippen LogP) is 3.33. The Kier molecular flexibility index (Phi) is 7.35. The van der Waals surface area contributed by atoms with Crippen LogP contribution in [0.1, 0.15) is 32.3 Å². The van der Waals surface area contributed by atoms with Gasteiger partial charge in [-0.15, -0.1) is 0 Å². The van der Waals surface area contributed by atoms with Gasteiger partial charge in [0.1, 0.15) is 0 Å². The number of benzene rings is 1. The van der Waals surface area contributed by atoms with Crippen LogP contribution in [0.4, 0.5) is 0 Å². The van der Waals surface area contributed by atoms with Gasteiger partial charge in [0.15, 0.2) is 0 Å². The molecule has 0 spiro atoms. The lowest BCUT2D eigenvalue weighted by Gasteiger charge is -2.18. The molecule has 0 unspecified atom stereocenters. The molecule has 17 heavy (non-hydrogen) atoms. The monoisotopic (exact) mass is 232 g/mol. The van der Waals surface area contributed by atoms with Crippen molar-refractivity contribution in [2.24, 2.45) is 0 Å². The van der Waals surface area contributed by atoms with Crippen LogP contribution in [0.3, 0.4) is 0 Å². The molecule has 2 heteroatoms. The number of allylic oxidation sites excluding steroid dienone is 1. The Morgan fingerprint density at radius 2 is 1.82 bits per heavy atom. The predicted molar refractivity (Wildman–Crippen MR) is 75.6 cm³/mol. The van der Waals surface area contributed by atoms with Crippen molar-refractivity contribution >= 4 is 6.08 Å². The van der Waals surface area contributed by atoms with Gasteiger partial charge in [0.2, 0.25) is 0 Å². The molecule has 0 aliphatic rings. The van der Waals surface area contributed by atoms with Crippen LogP contribution in [-0.4, -0.2) is 24.6 Å². The highest BCUT2D eigenvalue weighted by atomic mass is 15.5. The maximum absolute atomic E-state index is 3.42. The Balaban J connectivity index is 2.10. The minimum Gasteiger partial charge on any atom is -0.255 e. The molecule has 1 aromatic rings. The van der Waals surface area contributed by atoms with Crippen LogP contribution < -0.4 is 5.43 Å². The van der Waals surface area contributed by atoms with Crippen LogP contribution in [0, 0.1) is 0 Å². The summed E-state index contributed by atoms with van der Waals surface area (Å²) in [6.45, 7) is 7.53. The molecule has 0 radical (unpaired) electrons. The second kappa shape index (κ2) is 8.97. The summed E-state index contributed by atoms with van der Waals surface area (Å²) < 4.78 is 0. The van der Waals surface area contributed by atoms with Crippen molar-refractivity contribution in [2.45, 2.75) is 26.7 Å². The molecule has 0 aliphatic carbocycles. The first kappa shape index (κ1) is 13.9. The van der Waals surface area contributed by atoms with Gasteiger partial charge >= 0.3 is 0 Å². The number of hydrogen-bond acceptors (Lipinski definition) is 2. The fourth-order valence-electron chi connectivity index (χ4n) is 1.69. The van der Waals surface area contributed by atoms with Gasteiger partial charge in [0.25, 0.3) is 0 Å². The first-order valence-electron chi connectivity index (χ1n) is 6.56. The first-order chi connectivity index (χ1) is 8.36. The zero-order chi connectivity index (χ0) is 12.3. The van der Waals surface area contributed by atoms with E-state index >= 15 is 0 Å². The summed E-state index contributed by atoms with van der Waals surface area (Å²) in [4.78, 5) is 0. The normalized spacial score (nSPS) is 11.5. The highest BCUT2D eigenvalue weighted by molar-refractivity contribution is 5.48. The Morgan fingerprint density at radius 1 is 1.12 bits per heavy atom. The van der Waals surface area contributed by atoms with E-state index in [1.54, 1.807) is 0 Å². The quantitative estimate of drug-likeness (QED) is 0.546. The molecule has 1 aromatic carbocycles. The molecule has 0 saturated carbocycles. The molecular formula is C15H24N2. The molecule has 1 N–H and O–H groups in total. The molecule has 0 fully saturated rings. The van der Waals surface area contributed by atoms with Crippen LogP contribution >= 0.6 is 0 Å². The molecule has 0 aliphatic heterocycles. The van der Waals surface area contributed by atoms with Crippen molar-refractivity contribution in [1.29, 1.82) is 0 Å². The van der Waals surface area contributed by atoms with Crippen LogP contribution in [0.25, 0.3) is 6.08 Å². The van der Waals surface area contributed by atoms with Gasteiger partial charge in [-0.1, -0.05) is 56.3 Å². The van der Waals surface area contributed by atoms with E-state index in [0.29, 0.717) is 0 Å². The maximum Gasteiger partial charge on any atom is 0.0105 e. The van der Waals surface area contributed by atoms with E-state index < -0.39 is 0 Å². The van der Waals surface area contributed by atoms with Crippen LogP contribution in [0.15, 0.2) is 36.4 Å². The lowest BCUT2D eigenvalue weighted by atomic mass is 10.2. The maximum atomic E-state index is 3.42. The Bertz CT molecular complexity index is 302. The number of unbranched alkanes of at least 4 members (excludes halogenated alkanes) is 1. The largest absolute Gasteiger partial charge is 0.255 e. The molecule has 2 nitrogen and oxygen atoms in total. The number of hydrazine groups is 1. The second-order valence-electron chi connectivity index (χ2n) is 4.04. The number of nitrogens with zero attached hydrogens (tertiary/aromatic N) is 1. The van der Waals surface area contributed by atoms with Crippen molar-refractivity contribution < 1.29 is 0 Å². The topological polar surface area (TPSA) is 15.3 Å². The van der Waals surface area contributed by atoms with E-state index in [-0.39, 0.29) is 0 Å². The van der Waals surface area contributed by atoms with Gasteiger partial charge in [-0.25, -0.2) is 5.01 Å². The van der Waals surface area contributed by atoms with Gasteiger partial charge in [0, 0.05) is 19.6 Å². The zero-order valence-electron chi connectivity index (χ0n) is 11.0. The third-order valence-corrected chi connectivity index (χ3v) is 2.76. The number of hydrogen-bond donors (Lipinski definition) is 1. The third kappa shape index (κ3) is 6.25. The van der Waals surface area contributed by atoms with Crippen LogP contribution in [0.2, 0.25) is 0 Å². The van der Waals surface area contributed by atoms with E-state index in [4.69, 9.17) is 0 Å². The summed E-state index contributed by atoms with van der Waals surface area (Å²) in [5.41, 5.74) is 4.70. The zero-order valence-corrected chi connectivity index (χ0v) is 11.0. The Morgan fingerprint density at radius 3 is 2.47 bits per heavy atom. The lowest BCUT2D eigenvalue weighted by Crippen LogP contribution is -2.38. The van der Waals surface area contributed by atoms with E-state index in [1.165, 1.54) is 12.0 Å². The smallest absolute Gasteiger partial charge is 0.0105 e. The second-order valence-corrected chi connectivity index (χ2v) is 4.04. The number of rotatable bonds is 8. The molecule has 0 aromatic heterocycles. The first-order valence-corrected chi connectivity index (χ1v) is 6.56. The summed E-state index contributed by atoms with van der Waals surface area (Å²) in [5, 5.41) is 2.24. The van der Waals surface area contributed by atoms with Crippen LogP contribution in [0.5, 0.6) is 0 Å². The van der Waals surface area contributed by atoms with Crippen molar-refractivity contribution in [3.05, 3.63) is 42.0 Å². The fraction of sp³-hybridized carbons (Fsp3) is 0.467. The summed E-state index contributed by atoms with van der Waals surface area (Å²) in [5.74, 6) is 0. The molecule has 0 heterocycles. The lowest BCUT2D eigenvalue weighted by molar-refractivity contribution is 0.208. The summed E-state index contributed by atoms with van der Waals surface area (Å²) >= 11 is 0. The average Bonchev–Trinajstić information content (AvgIpc) is 2.39. The van der Waals surface area contributed by atoms with Gasteiger partial charge in [0.05, 0.1) is 0 Å². The molecule has 0 atom stereocenters. The Labute approximate surface area is 105 Å². The summed E-state index contributed by atoms with van der Waals surface area (Å²) in [7, 11) is 0. The van der Waals surface area contributed by atoms with E-state index in [9.17, 15) is 0 Å². The molecule has 0 amide bonds. The van der Waals surface area contributed by atoms with Crippen molar-refractivity contribution in [2.75, 3.05) is 19.6 Å². The minimum absolute atomic E-state index is 1.06. The number of nitrogens with one attached hydrogen (secondary N) is 1. The summed E-state index contributed by atoms with van der Waals surface area (Å²) in [6.07, 6.45) is 6.75. The van der Waals surface area contributed by atoms with Crippen molar-refractivity contribution in [3.63, 3.8) is 0 Å². The Hall–Kier alpha value is -1.12. The van der Waals surface area contributed by atoms with E-state index in [2.05, 4.69) is 60.7 Å². The molecule has 1 rings (SSSR count). The van der Waals surface area contributed by atoms with E-state index in [1.807, 2.05) is 6.07 Å². The molecule has 0 saturated heterocycles. The third-order valence-electron chi connectivity index (χ3n) is 2.76. The van der Waals surface area contributed by atoms with Gasteiger partial charge in [-0.2, -0.15) is 0 Å². The van der Waals surface area contributed by atoms with Gasteiger partial charge < -0.3 is 0 Å². The SMILES string of the molecule is CCN(CC)NCCCC=Cc1ccccc1. The van der Waals surface area contributed by atoms with Crippen LogP contribution in [-0.2, 0) is 0 Å². The molecule has 0 bridgehead atoms. The highest BCUT2D eigenvalue weighted by Crippen LogP contribution is 2.02. The molecule has 94 valence electrons. The van der Waals surface area contributed by atoms with Crippen molar-refractivity contribution in [1.82, 2.24) is 10.4 Å². The fourth-order valence-corrected chi connectivity index (χ4v) is 1.69. The standard InChI is InChI=1S/C15H24N2/c1-3-17(4-2)16-14-10-6-9-13-15-11-7-5-8-12-15/h5,7-9,11-13,16H,3-4,6,10,14H2,1-2H3. The minimum atomic E-state index is 1.06. The average molecular weight is 232 g/mol. The van der Waals surface area contributed by atoms with E-state index in [0.717, 1.165) is 26.1 Å². The van der Waals surface area contributed by atoms with Gasteiger partial charge in [-0.3, -0.25) is 5.43 Å². The van der Waals surface area contributed by atoms with Gasteiger partial charge in [-0.05, 0) is 18.4 Å². The molecular weight excluding hydrogens is 208 g/mol. The highest BCUT2D eigenvalue weighted by Gasteiger charge is 1.94. The van der Waals surface area contributed by atoms with Crippen molar-refractivity contribution in [3.8, 4) is 0 Å². The summed E-state index contributed by atoms with van der Waals surface area (Å²) in [6, 6.07) is 10.4.